The van der Waals surface area contributed by atoms with Crippen LogP contribution in [-0.4, -0.2) is 6.61 Å². The van der Waals surface area contributed by atoms with Crippen molar-refractivity contribution in [2.24, 2.45) is 5.41 Å². The van der Waals surface area contributed by atoms with E-state index in [4.69, 9.17) is 4.74 Å². The first-order valence-electron chi connectivity index (χ1n) is 14.4. The molecule has 1 aliphatic rings. The summed E-state index contributed by atoms with van der Waals surface area (Å²) in [5.41, 5.74) is 3.90. The third-order valence-electron chi connectivity index (χ3n) is 8.08. The molecule has 190 valence electrons. The molecule has 0 aliphatic heterocycles. The topological polar surface area (TPSA) is 33.0 Å². The summed E-state index contributed by atoms with van der Waals surface area (Å²) in [6.45, 7) is 5.37. The molecule has 0 amide bonds. The summed E-state index contributed by atoms with van der Waals surface area (Å²) in [5, 5.41) is 9.77. The third kappa shape index (κ3) is 8.71. The molecule has 2 aromatic rings. The average Bonchev–Trinajstić information content (AvgIpc) is 2.92. The quantitative estimate of drug-likeness (QED) is 0.241. The van der Waals surface area contributed by atoms with Crippen molar-refractivity contribution in [2.45, 2.75) is 116 Å². The van der Waals surface area contributed by atoms with Crippen LogP contribution in [0, 0.1) is 16.7 Å². The molecule has 0 heterocycles. The fourth-order valence-corrected chi connectivity index (χ4v) is 5.70. The lowest BCUT2D eigenvalue weighted by molar-refractivity contribution is 0.239. The van der Waals surface area contributed by atoms with Crippen molar-refractivity contribution in [2.75, 3.05) is 6.61 Å². The van der Waals surface area contributed by atoms with Crippen LogP contribution in [0.25, 0.3) is 11.1 Å². The van der Waals surface area contributed by atoms with Crippen LogP contribution in [0.2, 0.25) is 0 Å². The average molecular weight is 474 g/mol. The van der Waals surface area contributed by atoms with Crippen LogP contribution in [0.4, 0.5) is 0 Å². The molecular formula is C33H47NO. The standard InChI is InChI=1S/C33H47NO/c1-3-5-6-7-8-12-26-35-32-21-19-31(20-22-32)30-17-15-29(16-18-30)28(4-2)14-13-25-33(27-34)23-10-9-11-24-33/h15-22,28H,3-14,23-26H2,1-2H3. The number of rotatable bonds is 15. The smallest absolute Gasteiger partial charge is 0.119 e. The first-order valence-corrected chi connectivity index (χ1v) is 14.4. The van der Waals surface area contributed by atoms with Gasteiger partial charge < -0.3 is 4.74 Å². The van der Waals surface area contributed by atoms with Gasteiger partial charge in [0, 0.05) is 0 Å². The largest absolute Gasteiger partial charge is 0.494 e. The Hall–Kier alpha value is -2.27. The summed E-state index contributed by atoms with van der Waals surface area (Å²) in [7, 11) is 0. The van der Waals surface area contributed by atoms with E-state index >= 15 is 0 Å². The fourth-order valence-electron chi connectivity index (χ4n) is 5.70. The van der Waals surface area contributed by atoms with Gasteiger partial charge in [-0.2, -0.15) is 5.26 Å². The highest BCUT2D eigenvalue weighted by Gasteiger charge is 2.31. The Morgan fingerprint density at radius 1 is 0.800 bits per heavy atom. The second-order valence-corrected chi connectivity index (χ2v) is 10.7. The molecule has 1 unspecified atom stereocenters. The first-order chi connectivity index (χ1) is 17.2. The molecule has 1 aliphatic carbocycles. The summed E-state index contributed by atoms with van der Waals surface area (Å²) in [5.74, 6) is 1.55. The van der Waals surface area contributed by atoms with Gasteiger partial charge >= 0.3 is 0 Å². The van der Waals surface area contributed by atoms with E-state index in [-0.39, 0.29) is 5.41 Å². The molecule has 3 rings (SSSR count). The molecule has 1 saturated carbocycles. The van der Waals surface area contributed by atoms with E-state index in [2.05, 4.69) is 68.4 Å². The van der Waals surface area contributed by atoms with Crippen molar-refractivity contribution in [3.05, 3.63) is 54.1 Å². The van der Waals surface area contributed by atoms with Crippen molar-refractivity contribution in [1.82, 2.24) is 0 Å². The Labute approximate surface area is 215 Å². The highest BCUT2D eigenvalue weighted by Crippen LogP contribution is 2.41. The molecule has 2 aromatic carbocycles. The van der Waals surface area contributed by atoms with Crippen molar-refractivity contribution in [3.8, 4) is 22.9 Å². The predicted octanol–water partition coefficient (Wildman–Crippen LogP) is 10.2. The summed E-state index contributed by atoms with van der Waals surface area (Å²) >= 11 is 0. The number of nitriles is 1. The van der Waals surface area contributed by atoms with Crippen LogP contribution in [0.15, 0.2) is 48.5 Å². The molecule has 0 bridgehead atoms. The van der Waals surface area contributed by atoms with Crippen molar-refractivity contribution < 1.29 is 4.74 Å². The maximum Gasteiger partial charge on any atom is 0.119 e. The number of nitrogens with zero attached hydrogens (tertiary/aromatic N) is 1. The summed E-state index contributed by atoms with van der Waals surface area (Å²) in [4.78, 5) is 0. The Kier molecular flexibility index (Phi) is 11.7. The van der Waals surface area contributed by atoms with Crippen molar-refractivity contribution in [3.63, 3.8) is 0 Å². The van der Waals surface area contributed by atoms with Crippen LogP contribution >= 0.6 is 0 Å². The molecule has 1 fully saturated rings. The Bertz CT molecular complexity index is 871. The van der Waals surface area contributed by atoms with Gasteiger partial charge in [-0.3, -0.25) is 0 Å². The van der Waals surface area contributed by atoms with E-state index in [0.717, 1.165) is 50.9 Å². The molecule has 35 heavy (non-hydrogen) atoms. The van der Waals surface area contributed by atoms with E-state index in [1.165, 1.54) is 74.5 Å². The first kappa shape index (κ1) is 27.3. The van der Waals surface area contributed by atoms with Gasteiger partial charge in [0.2, 0.25) is 0 Å². The molecule has 0 N–H and O–H groups in total. The summed E-state index contributed by atoms with van der Waals surface area (Å²) in [6, 6.07) is 20.4. The zero-order chi connectivity index (χ0) is 24.8. The fraction of sp³-hybridized carbons (Fsp3) is 0.606. The van der Waals surface area contributed by atoms with Crippen LogP contribution < -0.4 is 4.74 Å². The van der Waals surface area contributed by atoms with E-state index < -0.39 is 0 Å². The lowest BCUT2D eigenvalue weighted by atomic mass is 9.71. The molecule has 0 saturated heterocycles. The SMILES string of the molecule is CCCCCCCCOc1ccc(-c2ccc(C(CC)CCCC3(C#N)CCCCC3)cc2)cc1. The molecule has 0 spiro atoms. The molecule has 1 atom stereocenters. The van der Waals surface area contributed by atoms with E-state index in [1.807, 2.05) is 0 Å². The molecular weight excluding hydrogens is 426 g/mol. The number of hydrogen-bond acceptors (Lipinski definition) is 2. The van der Waals surface area contributed by atoms with Crippen LogP contribution in [0.5, 0.6) is 5.75 Å². The second-order valence-electron chi connectivity index (χ2n) is 10.7. The van der Waals surface area contributed by atoms with E-state index in [0.29, 0.717) is 5.92 Å². The van der Waals surface area contributed by atoms with Gasteiger partial charge in [0.1, 0.15) is 5.75 Å². The summed E-state index contributed by atoms with van der Waals surface area (Å²) in [6.07, 6.45) is 18.3. The highest BCUT2D eigenvalue weighted by molar-refractivity contribution is 5.64. The molecule has 2 heteroatoms. The minimum absolute atomic E-state index is 0.0368. The zero-order valence-corrected chi connectivity index (χ0v) is 22.4. The van der Waals surface area contributed by atoms with Crippen molar-refractivity contribution >= 4 is 0 Å². The maximum atomic E-state index is 9.77. The van der Waals surface area contributed by atoms with Crippen LogP contribution in [-0.2, 0) is 0 Å². The molecule has 2 nitrogen and oxygen atoms in total. The zero-order valence-electron chi connectivity index (χ0n) is 22.4. The van der Waals surface area contributed by atoms with E-state index in [9.17, 15) is 5.26 Å². The van der Waals surface area contributed by atoms with Gasteiger partial charge in [-0.1, -0.05) is 108 Å². The number of benzene rings is 2. The Morgan fingerprint density at radius 2 is 1.43 bits per heavy atom. The Balaban J connectivity index is 1.46. The van der Waals surface area contributed by atoms with Gasteiger partial charge in [0.15, 0.2) is 0 Å². The Morgan fingerprint density at radius 3 is 2.06 bits per heavy atom. The van der Waals surface area contributed by atoms with Gasteiger partial charge in [-0.25, -0.2) is 0 Å². The van der Waals surface area contributed by atoms with Crippen LogP contribution in [0.1, 0.15) is 122 Å². The van der Waals surface area contributed by atoms with Gasteiger partial charge in [-0.05, 0) is 73.3 Å². The normalized spacial score (nSPS) is 15.9. The van der Waals surface area contributed by atoms with Gasteiger partial charge in [0.25, 0.3) is 0 Å². The third-order valence-corrected chi connectivity index (χ3v) is 8.08. The molecule has 0 aromatic heterocycles. The monoisotopic (exact) mass is 473 g/mol. The highest BCUT2D eigenvalue weighted by atomic mass is 16.5. The van der Waals surface area contributed by atoms with Crippen molar-refractivity contribution in [1.29, 1.82) is 5.26 Å². The predicted molar refractivity (Wildman–Crippen MR) is 149 cm³/mol. The van der Waals surface area contributed by atoms with Gasteiger partial charge in [0.05, 0.1) is 18.1 Å². The number of hydrogen-bond donors (Lipinski definition) is 0. The minimum Gasteiger partial charge on any atom is -0.494 e. The lowest BCUT2D eigenvalue weighted by Gasteiger charge is -2.31. The summed E-state index contributed by atoms with van der Waals surface area (Å²) < 4.78 is 5.94. The van der Waals surface area contributed by atoms with Crippen LogP contribution in [0.3, 0.4) is 0 Å². The number of ether oxygens (including phenoxy) is 1. The van der Waals surface area contributed by atoms with Gasteiger partial charge in [-0.15, -0.1) is 0 Å². The van der Waals surface area contributed by atoms with E-state index in [1.54, 1.807) is 0 Å². The molecule has 0 radical (unpaired) electrons. The lowest BCUT2D eigenvalue weighted by Crippen LogP contribution is -2.22. The number of unbranched alkanes of at least 4 members (excludes halogenated alkanes) is 5. The second kappa shape index (κ2) is 15.0. The minimum atomic E-state index is -0.0368. The maximum absolute atomic E-state index is 9.77.